The highest BCUT2D eigenvalue weighted by Crippen LogP contribution is 2.19. The Bertz CT molecular complexity index is 525. The van der Waals surface area contributed by atoms with Crippen molar-refractivity contribution in [1.82, 2.24) is 0 Å². The molecule has 2 aromatic carbocycles. The van der Waals surface area contributed by atoms with Gasteiger partial charge in [0.05, 0.1) is 0 Å². The summed E-state index contributed by atoms with van der Waals surface area (Å²) in [4.78, 5) is 0. The van der Waals surface area contributed by atoms with Gasteiger partial charge >= 0.3 is 0 Å². The topological polar surface area (TPSA) is 12.0 Å². The van der Waals surface area contributed by atoms with E-state index < -0.39 is 0 Å². The highest BCUT2D eigenvalue weighted by Gasteiger charge is 1.98. The number of rotatable bonds is 3. The van der Waals surface area contributed by atoms with Gasteiger partial charge in [-0.25, -0.2) is 0 Å². The SMILES string of the molecule is Cc1cc(CNc2cccc(Cl)c2)ccc1Br. The summed E-state index contributed by atoms with van der Waals surface area (Å²) in [6, 6.07) is 14.1. The molecule has 0 aliphatic heterocycles. The van der Waals surface area contributed by atoms with Gasteiger partial charge in [0.2, 0.25) is 0 Å². The molecule has 0 aromatic heterocycles. The number of nitrogens with one attached hydrogen (secondary N) is 1. The quantitative estimate of drug-likeness (QED) is 0.839. The molecule has 2 rings (SSSR count). The number of anilines is 1. The van der Waals surface area contributed by atoms with Crippen LogP contribution in [0.2, 0.25) is 5.02 Å². The molecule has 0 spiro atoms. The molecule has 88 valence electrons. The van der Waals surface area contributed by atoms with Crippen LogP contribution in [0.25, 0.3) is 0 Å². The molecule has 3 heteroatoms. The predicted octanol–water partition coefficient (Wildman–Crippen LogP) is 5.02. The van der Waals surface area contributed by atoms with Crippen LogP contribution in [0.15, 0.2) is 46.9 Å². The molecule has 0 radical (unpaired) electrons. The second-order valence-electron chi connectivity index (χ2n) is 3.95. The first-order valence-electron chi connectivity index (χ1n) is 5.39. The number of halogens is 2. The van der Waals surface area contributed by atoms with Crippen molar-refractivity contribution < 1.29 is 0 Å². The van der Waals surface area contributed by atoms with Crippen LogP contribution in [0.1, 0.15) is 11.1 Å². The number of benzene rings is 2. The van der Waals surface area contributed by atoms with Crippen molar-refractivity contribution in [3.05, 3.63) is 63.1 Å². The zero-order valence-electron chi connectivity index (χ0n) is 9.50. The van der Waals surface area contributed by atoms with Crippen molar-refractivity contribution in [2.75, 3.05) is 5.32 Å². The molecule has 0 aliphatic rings. The third-order valence-electron chi connectivity index (χ3n) is 2.54. The molecule has 0 amide bonds. The summed E-state index contributed by atoms with van der Waals surface area (Å²) in [5.74, 6) is 0. The van der Waals surface area contributed by atoms with Gasteiger partial charge in [-0.3, -0.25) is 0 Å². The normalized spacial score (nSPS) is 10.3. The highest BCUT2D eigenvalue weighted by atomic mass is 79.9. The van der Waals surface area contributed by atoms with E-state index in [9.17, 15) is 0 Å². The average Bonchev–Trinajstić information content (AvgIpc) is 2.31. The summed E-state index contributed by atoms with van der Waals surface area (Å²) >= 11 is 9.42. The monoisotopic (exact) mass is 309 g/mol. The lowest BCUT2D eigenvalue weighted by molar-refractivity contribution is 1.14. The summed E-state index contributed by atoms with van der Waals surface area (Å²) in [5, 5.41) is 4.10. The first-order valence-corrected chi connectivity index (χ1v) is 6.57. The fourth-order valence-corrected chi connectivity index (χ4v) is 2.06. The minimum atomic E-state index is 0.752. The van der Waals surface area contributed by atoms with Crippen molar-refractivity contribution in [2.24, 2.45) is 0 Å². The van der Waals surface area contributed by atoms with E-state index in [1.54, 1.807) is 0 Å². The Kier molecular flexibility index (Phi) is 4.08. The van der Waals surface area contributed by atoms with E-state index in [4.69, 9.17) is 11.6 Å². The lowest BCUT2D eigenvalue weighted by atomic mass is 10.1. The van der Waals surface area contributed by atoms with Crippen LogP contribution in [-0.2, 0) is 6.54 Å². The van der Waals surface area contributed by atoms with Gasteiger partial charge in [0, 0.05) is 21.7 Å². The molecule has 0 atom stereocenters. The fraction of sp³-hybridized carbons (Fsp3) is 0.143. The molecular formula is C14H13BrClN. The summed E-state index contributed by atoms with van der Waals surface area (Å²) < 4.78 is 1.14. The molecule has 1 N–H and O–H groups in total. The lowest BCUT2D eigenvalue weighted by Gasteiger charge is -2.08. The summed E-state index contributed by atoms with van der Waals surface area (Å²) in [6.07, 6.45) is 0. The average molecular weight is 311 g/mol. The van der Waals surface area contributed by atoms with Crippen LogP contribution in [0.5, 0.6) is 0 Å². The third kappa shape index (κ3) is 3.48. The van der Waals surface area contributed by atoms with Gasteiger partial charge in [-0.2, -0.15) is 0 Å². The maximum atomic E-state index is 5.93. The second-order valence-corrected chi connectivity index (χ2v) is 5.24. The molecule has 0 aliphatic carbocycles. The number of hydrogen-bond donors (Lipinski definition) is 1. The van der Waals surface area contributed by atoms with Crippen molar-refractivity contribution >= 4 is 33.2 Å². The van der Waals surface area contributed by atoms with E-state index in [1.165, 1.54) is 11.1 Å². The van der Waals surface area contributed by atoms with E-state index >= 15 is 0 Å². The molecule has 0 saturated carbocycles. The Morgan fingerprint density at radius 1 is 1.18 bits per heavy atom. The maximum absolute atomic E-state index is 5.93. The zero-order chi connectivity index (χ0) is 12.3. The van der Waals surface area contributed by atoms with Crippen LogP contribution in [0.3, 0.4) is 0 Å². The fourth-order valence-electron chi connectivity index (χ4n) is 1.62. The Labute approximate surface area is 115 Å². The van der Waals surface area contributed by atoms with Gasteiger partial charge in [0.1, 0.15) is 0 Å². The van der Waals surface area contributed by atoms with Gasteiger partial charge in [-0.1, -0.05) is 45.7 Å². The Hall–Kier alpha value is -0.990. The zero-order valence-corrected chi connectivity index (χ0v) is 11.8. The van der Waals surface area contributed by atoms with E-state index in [2.05, 4.69) is 46.4 Å². The molecule has 17 heavy (non-hydrogen) atoms. The molecule has 0 bridgehead atoms. The molecule has 0 heterocycles. The molecule has 0 saturated heterocycles. The van der Waals surface area contributed by atoms with Gasteiger partial charge in [0.25, 0.3) is 0 Å². The standard InChI is InChI=1S/C14H13BrClN/c1-10-7-11(5-6-14(10)15)9-17-13-4-2-3-12(16)8-13/h2-8,17H,9H2,1H3. The van der Waals surface area contributed by atoms with Crippen LogP contribution < -0.4 is 5.32 Å². The van der Waals surface area contributed by atoms with Crippen LogP contribution in [-0.4, -0.2) is 0 Å². The molecule has 0 fully saturated rings. The Morgan fingerprint density at radius 3 is 2.71 bits per heavy atom. The molecule has 0 unspecified atom stereocenters. The van der Waals surface area contributed by atoms with Crippen LogP contribution in [0.4, 0.5) is 5.69 Å². The van der Waals surface area contributed by atoms with E-state index in [1.807, 2.05) is 24.3 Å². The van der Waals surface area contributed by atoms with Crippen molar-refractivity contribution in [3.63, 3.8) is 0 Å². The molecule has 2 aromatic rings. The first kappa shape index (κ1) is 12.5. The van der Waals surface area contributed by atoms with Crippen LogP contribution >= 0.6 is 27.5 Å². The second kappa shape index (κ2) is 5.56. The van der Waals surface area contributed by atoms with E-state index in [0.29, 0.717) is 0 Å². The van der Waals surface area contributed by atoms with E-state index in [0.717, 1.165) is 21.7 Å². The van der Waals surface area contributed by atoms with Crippen molar-refractivity contribution in [3.8, 4) is 0 Å². The largest absolute Gasteiger partial charge is 0.381 e. The summed E-state index contributed by atoms with van der Waals surface area (Å²) in [7, 11) is 0. The van der Waals surface area contributed by atoms with Crippen LogP contribution in [0, 0.1) is 6.92 Å². The van der Waals surface area contributed by atoms with Gasteiger partial charge < -0.3 is 5.32 Å². The summed E-state index contributed by atoms with van der Waals surface area (Å²) in [5.41, 5.74) is 3.54. The summed E-state index contributed by atoms with van der Waals surface area (Å²) in [6.45, 7) is 2.89. The lowest BCUT2D eigenvalue weighted by Crippen LogP contribution is -1.99. The van der Waals surface area contributed by atoms with Crippen molar-refractivity contribution in [2.45, 2.75) is 13.5 Å². The molecule has 1 nitrogen and oxygen atoms in total. The first-order chi connectivity index (χ1) is 8.15. The minimum Gasteiger partial charge on any atom is -0.381 e. The van der Waals surface area contributed by atoms with Gasteiger partial charge in [0.15, 0.2) is 0 Å². The Balaban J connectivity index is 2.05. The minimum absolute atomic E-state index is 0.752. The number of hydrogen-bond acceptors (Lipinski definition) is 1. The van der Waals surface area contributed by atoms with Gasteiger partial charge in [-0.15, -0.1) is 0 Å². The third-order valence-corrected chi connectivity index (χ3v) is 3.67. The smallest absolute Gasteiger partial charge is 0.0426 e. The van der Waals surface area contributed by atoms with E-state index in [-0.39, 0.29) is 0 Å². The van der Waals surface area contributed by atoms with Gasteiger partial charge in [-0.05, 0) is 42.3 Å². The predicted molar refractivity (Wildman–Crippen MR) is 77.7 cm³/mol. The maximum Gasteiger partial charge on any atom is 0.0426 e. The highest BCUT2D eigenvalue weighted by molar-refractivity contribution is 9.10. The number of aryl methyl sites for hydroxylation is 1. The van der Waals surface area contributed by atoms with Crippen molar-refractivity contribution in [1.29, 1.82) is 0 Å². The molecular weight excluding hydrogens is 298 g/mol. The Morgan fingerprint density at radius 2 is 2.00 bits per heavy atom.